The van der Waals surface area contributed by atoms with Crippen LogP contribution in [0.1, 0.15) is 5.56 Å². The number of rotatable bonds is 3. The SMILES string of the molecule is C=CCN1C(=S)N(c2cccc(C)c2)[C@@H]2CS(=O)(=O)C[C@@H]21. The molecule has 2 heterocycles. The second-order valence-electron chi connectivity index (χ2n) is 5.64. The Kier molecular flexibility index (Phi) is 3.53. The Morgan fingerprint density at radius 2 is 2.10 bits per heavy atom. The van der Waals surface area contributed by atoms with Crippen LogP contribution in [0.15, 0.2) is 36.9 Å². The molecule has 3 rings (SSSR count). The van der Waals surface area contributed by atoms with E-state index in [1.165, 1.54) is 0 Å². The molecule has 6 heteroatoms. The third kappa shape index (κ3) is 2.46. The first kappa shape index (κ1) is 14.5. The molecular weight excluding hydrogens is 304 g/mol. The molecule has 1 aromatic carbocycles. The van der Waals surface area contributed by atoms with E-state index in [1.807, 2.05) is 41.0 Å². The summed E-state index contributed by atoms with van der Waals surface area (Å²) in [5, 5.41) is 0.699. The first-order valence-electron chi connectivity index (χ1n) is 6.91. The fourth-order valence-corrected chi connectivity index (χ4v) is 5.61. The number of aryl methyl sites for hydroxylation is 1. The number of nitrogens with zero attached hydrogens (tertiary/aromatic N) is 2. The van der Waals surface area contributed by atoms with E-state index in [-0.39, 0.29) is 23.6 Å². The van der Waals surface area contributed by atoms with Gasteiger partial charge >= 0.3 is 0 Å². The standard InChI is InChI=1S/C15H18N2O2S2/c1-3-7-16-13-9-21(18,19)10-14(13)17(15(16)20)12-6-4-5-11(2)8-12/h3-6,8,13-14H,1,7,9-10H2,2H3/t13-,14+/m0/s1. The van der Waals surface area contributed by atoms with Gasteiger partial charge in [0.1, 0.15) is 0 Å². The maximum Gasteiger partial charge on any atom is 0.177 e. The number of thiocarbonyl (C=S) groups is 1. The van der Waals surface area contributed by atoms with E-state index in [4.69, 9.17) is 12.2 Å². The predicted octanol–water partition coefficient (Wildman–Crippen LogP) is 1.75. The third-order valence-corrected chi connectivity index (χ3v) is 6.21. The van der Waals surface area contributed by atoms with E-state index in [9.17, 15) is 8.42 Å². The maximum atomic E-state index is 12.0. The van der Waals surface area contributed by atoms with Crippen molar-refractivity contribution in [3.8, 4) is 0 Å². The Bertz CT molecular complexity index is 699. The van der Waals surface area contributed by atoms with Crippen molar-refractivity contribution in [3.63, 3.8) is 0 Å². The lowest BCUT2D eigenvalue weighted by Gasteiger charge is -2.25. The number of fused-ring (bicyclic) bond motifs is 1. The molecule has 0 saturated carbocycles. The van der Waals surface area contributed by atoms with Crippen LogP contribution in [0, 0.1) is 6.92 Å². The predicted molar refractivity (Wildman–Crippen MR) is 89.4 cm³/mol. The van der Waals surface area contributed by atoms with Crippen molar-refractivity contribution < 1.29 is 8.42 Å². The van der Waals surface area contributed by atoms with Gasteiger partial charge in [-0.15, -0.1) is 6.58 Å². The molecule has 0 radical (unpaired) electrons. The molecule has 2 aliphatic heterocycles. The minimum Gasteiger partial charge on any atom is -0.339 e. The zero-order chi connectivity index (χ0) is 15.2. The summed E-state index contributed by atoms with van der Waals surface area (Å²) in [7, 11) is -3.01. The lowest BCUT2D eigenvalue weighted by molar-refractivity contribution is 0.389. The fourth-order valence-electron chi connectivity index (χ4n) is 3.21. The number of benzene rings is 1. The smallest absolute Gasteiger partial charge is 0.177 e. The average Bonchev–Trinajstić information content (AvgIpc) is 2.82. The highest BCUT2D eigenvalue weighted by molar-refractivity contribution is 7.91. The topological polar surface area (TPSA) is 40.6 Å². The normalized spacial score (nSPS) is 27.0. The molecule has 2 fully saturated rings. The van der Waals surface area contributed by atoms with Crippen molar-refractivity contribution in [2.45, 2.75) is 19.0 Å². The molecule has 0 aromatic heterocycles. The summed E-state index contributed by atoms with van der Waals surface area (Å²) in [6.45, 7) is 6.35. The van der Waals surface area contributed by atoms with Crippen LogP contribution in [0.2, 0.25) is 0 Å². The largest absolute Gasteiger partial charge is 0.339 e. The summed E-state index contributed by atoms with van der Waals surface area (Å²) >= 11 is 5.59. The number of sulfone groups is 1. The third-order valence-electron chi connectivity index (χ3n) is 4.08. The Labute approximate surface area is 131 Å². The molecule has 112 valence electrons. The maximum absolute atomic E-state index is 12.0. The van der Waals surface area contributed by atoms with Crippen molar-refractivity contribution >= 4 is 32.9 Å². The zero-order valence-corrected chi connectivity index (χ0v) is 13.5. The summed E-state index contributed by atoms with van der Waals surface area (Å²) in [4.78, 5) is 3.99. The van der Waals surface area contributed by atoms with E-state index in [0.29, 0.717) is 11.7 Å². The lowest BCUT2D eigenvalue weighted by atomic mass is 10.1. The van der Waals surface area contributed by atoms with Gasteiger partial charge in [-0.05, 0) is 36.8 Å². The molecule has 21 heavy (non-hydrogen) atoms. The molecule has 2 aliphatic rings. The molecule has 0 aliphatic carbocycles. The van der Waals surface area contributed by atoms with Crippen LogP contribution in [0.5, 0.6) is 0 Å². The minimum atomic E-state index is -3.01. The van der Waals surface area contributed by atoms with Gasteiger partial charge in [-0.25, -0.2) is 8.42 Å². The molecule has 0 unspecified atom stereocenters. The van der Waals surface area contributed by atoms with Crippen molar-refractivity contribution in [1.29, 1.82) is 0 Å². The molecule has 1 aromatic rings. The second-order valence-corrected chi connectivity index (χ2v) is 8.16. The van der Waals surface area contributed by atoms with Crippen LogP contribution in [0.4, 0.5) is 5.69 Å². The zero-order valence-electron chi connectivity index (χ0n) is 11.9. The first-order valence-corrected chi connectivity index (χ1v) is 9.14. The Balaban J connectivity index is 2.03. The van der Waals surface area contributed by atoms with Gasteiger partial charge in [0.25, 0.3) is 0 Å². The number of anilines is 1. The first-order chi connectivity index (χ1) is 9.93. The highest BCUT2D eigenvalue weighted by Crippen LogP contribution is 2.35. The summed E-state index contributed by atoms with van der Waals surface area (Å²) in [5.41, 5.74) is 2.11. The van der Waals surface area contributed by atoms with Gasteiger partial charge in [0.05, 0.1) is 23.6 Å². The molecule has 2 saturated heterocycles. The number of hydrogen-bond donors (Lipinski definition) is 0. The van der Waals surface area contributed by atoms with Crippen LogP contribution in [0.3, 0.4) is 0 Å². The van der Waals surface area contributed by atoms with E-state index in [0.717, 1.165) is 11.3 Å². The minimum absolute atomic E-state index is 0.0685. The second kappa shape index (κ2) is 5.10. The molecular formula is C15H18N2O2S2. The van der Waals surface area contributed by atoms with Gasteiger partial charge in [0.15, 0.2) is 14.9 Å². The van der Waals surface area contributed by atoms with E-state index < -0.39 is 9.84 Å². The quantitative estimate of drug-likeness (QED) is 0.626. The molecule has 0 bridgehead atoms. The monoisotopic (exact) mass is 322 g/mol. The highest BCUT2D eigenvalue weighted by atomic mass is 32.2. The van der Waals surface area contributed by atoms with E-state index >= 15 is 0 Å². The van der Waals surface area contributed by atoms with Crippen LogP contribution in [-0.4, -0.2) is 48.6 Å². The highest BCUT2D eigenvalue weighted by Gasteiger charge is 2.51. The van der Waals surface area contributed by atoms with Crippen LogP contribution in [0.25, 0.3) is 0 Å². The molecule has 2 atom stereocenters. The van der Waals surface area contributed by atoms with E-state index in [2.05, 4.69) is 6.58 Å². The average molecular weight is 322 g/mol. The summed E-state index contributed by atoms with van der Waals surface area (Å²) < 4.78 is 24.0. The van der Waals surface area contributed by atoms with Crippen LogP contribution < -0.4 is 4.90 Å². The lowest BCUT2D eigenvalue weighted by Crippen LogP contribution is -2.37. The summed E-state index contributed by atoms with van der Waals surface area (Å²) in [5.74, 6) is 0.341. The van der Waals surface area contributed by atoms with Gasteiger partial charge in [-0.1, -0.05) is 18.2 Å². The molecule has 0 spiro atoms. The summed E-state index contributed by atoms with van der Waals surface area (Å²) in [6, 6.07) is 7.87. The number of hydrogen-bond acceptors (Lipinski definition) is 3. The van der Waals surface area contributed by atoms with Gasteiger partial charge in [0, 0.05) is 12.2 Å². The van der Waals surface area contributed by atoms with Crippen molar-refractivity contribution in [2.24, 2.45) is 0 Å². The summed E-state index contributed by atoms with van der Waals surface area (Å²) in [6.07, 6.45) is 1.77. The van der Waals surface area contributed by atoms with Crippen LogP contribution in [-0.2, 0) is 9.84 Å². The Morgan fingerprint density at radius 3 is 2.76 bits per heavy atom. The van der Waals surface area contributed by atoms with Gasteiger partial charge in [0.2, 0.25) is 0 Å². The van der Waals surface area contributed by atoms with Crippen LogP contribution >= 0.6 is 12.2 Å². The van der Waals surface area contributed by atoms with Gasteiger partial charge < -0.3 is 9.80 Å². The Hall–Kier alpha value is -1.40. The molecule has 0 amide bonds. The molecule has 4 nitrogen and oxygen atoms in total. The fraction of sp³-hybridized carbons (Fsp3) is 0.400. The van der Waals surface area contributed by atoms with Gasteiger partial charge in [-0.3, -0.25) is 0 Å². The van der Waals surface area contributed by atoms with E-state index in [1.54, 1.807) is 6.08 Å². The Morgan fingerprint density at radius 1 is 1.38 bits per heavy atom. The molecule has 0 N–H and O–H groups in total. The van der Waals surface area contributed by atoms with Crippen molar-refractivity contribution in [2.75, 3.05) is 23.0 Å². The van der Waals surface area contributed by atoms with Crippen molar-refractivity contribution in [1.82, 2.24) is 4.90 Å². The van der Waals surface area contributed by atoms with Gasteiger partial charge in [-0.2, -0.15) is 0 Å². The van der Waals surface area contributed by atoms with Crippen molar-refractivity contribution in [3.05, 3.63) is 42.5 Å².